The number of carboxylic acids is 1. The second-order valence-electron chi connectivity index (χ2n) is 5.56. The molecule has 1 amide bonds. The van der Waals surface area contributed by atoms with Crippen molar-refractivity contribution in [2.24, 2.45) is 11.3 Å². The molecule has 2 fully saturated rings. The van der Waals surface area contributed by atoms with E-state index in [1.54, 1.807) is 17.2 Å². The van der Waals surface area contributed by atoms with Crippen LogP contribution in [0.2, 0.25) is 0 Å². The van der Waals surface area contributed by atoms with E-state index in [0.717, 1.165) is 4.47 Å². The van der Waals surface area contributed by atoms with Crippen molar-refractivity contribution in [1.29, 1.82) is 0 Å². The zero-order valence-electron chi connectivity index (χ0n) is 11.3. The molecule has 1 aromatic rings. The molecule has 1 aromatic heterocycles. The van der Waals surface area contributed by atoms with Gasteiger partial charge < -0.3 is 14.7 Å². The first-order valence-corrected chi connectivity index (χ1v) is 7.53. The Hall–Kier alpha value is -1.47. The first-order valence-electron chi connectivity index (χ1n) is 6.74. The number of rotatable bonds is 2. The van der Waals surface area contributed by atoms with E-state index < -0.39 is 11.4 Å². The maximum atomic E-state index is 12.5. The lowest BCUT2D eigenvalue weighted by atomic mass is 9.74. The van der Waals surface area contributed by atoms with E-state index in [9.17, 15) is 14.7 Å². The molecule has 7 heteroatoms. The zero-order valence-corrected chi connectivity index (χ0v) is 12.9. The van der Waals surface area contributed by atoms with Crippen molar-refractivity contribution in [3.63, 3.8) is 0 Å². The summed E-state index contributed by atoms with van der Waals surface area (Å²) < 4.78 is 6.11. The first kappa shape index (κ1) is 14.5. The zero-order chi connectivity index (χ0) is 15.0. The number of likely N-dealkylation sites (tertiary alicyclic amines) is 1. The van der Waals surface area contributed by atoms with Crippen LogP contribution in [0.15, 0.2) is 22.9 Å². The highest BCUT2D eigenvalue weighted by atomic mass is 79.9. The van der Waals surface area contributed by atoms with Gasteiger partial charge in [-0.25, -0.2) is 0 Å². The highest BCUT2D eigenvalue weighted by Gasteiger charge is 2.54. The van der Waals surface area contributed by atoms with Crippen molar-refractivity contribution in [2.45, 2.75) is 6.42 Å². The van der Waals surface area contributed by atoms with Gasteiger partial charge >= 0.3 is 5.97 Å². The Morgan fingerprint density at radius 2 is 2.29 bits per heavy atom. The molecule has 112 valence electrons. The van der Waals surface area contributed by atoms with Crippen LogP contribution in [-0.4, -0.2) is 53.2 Å². The van der Waals surface area contributed by atoms with Crippen LogP contribution in [0.5, 0.6) is 0 Å². The van der Waals surface area contributed by atoms with E-state index in [0.29, 0.717) is 31.7 Å². The lowest BCUT2D eigenvalue weighted by Gasteiger charge is -2.33. The minimum atomic E-state index is -0.868. The maximum Gasteiger partial charge on any atom is 0.311 e. The summed E-state index contributed by atoms with van der Waals surface area (Å²) in [5.41, 5.74) is -0.405. The van der Waals surface area contributed by atoms with Gasteiger partial charge in [0.1, 0.15) is 0 Å². The molecule has 3 heterocycles. The lowest BCUT2D eigenvalue weighted by Crippen LogP contribution is -2.45. The van der Waals surface area contributed by atoms with Crippen LogP contribution in [0.1, 0.15) is 16.8 Å². The number of nitrogens with zero attached hydrogens (tertiary/aromatic N) is 2. The third kappa shape index (κ3) is 2.44. The van der Waals surface area contributed by atoms with Crippen molar-refractivity contribution in [1.82, 2.24) is 9.88 Å². The summed E-state index contributed by atoms with van der Waals surface area (Å²) in [6, 6.07) is 1.70. The Labute approximate surface area is 130 Å². The number of halogens is 1. The van der Waals surface area contributed by atoms with Crippen LogP contribution in [0.4, 0.5) is 0 Å². The molecule has 0 aliphatic carbocycles. The van der Waals surface area contributed by atoms with E-state index in [2.05, 4.69) is 20.9 Å². The Bertz CT molecular complexity index is 594. The number of amides is 1. The van der Waals surface area contributed by atoms with Crippen LogP contribution in [-0.2, 0) is 9.53 Å². The quantitative estimate of drug-likeness (QED) is 0.868. The Kier molecular flexibility index (Phi) is 3.71. The Morgan fingerprint density at radius 1 is 1.48 bits per heavy atom. The number of pyridine rings is 1. The molecular weight excluding hydrogens is 340 g/mol. The number of aliphatic carboxylic acids is 1. The van der Waals surface area contributed by atoms with Gasteiger partial charge in [-0.1, -0.05) is 0 Å². The number of aromatic nitrogens is 1. The predicted molar refractivity (Wildman–Crippen MR) is 76.8 cm³/mol. The molecule has 2 saturated heterocycles. The average Bonchev–Trinajstić information content (AvgIpc) is 2.87. The van der Waals surface area contributed by atoms with Gasteiger partial charge in [-0.3, -0.25) is 14.6 Å². The van der Waals surface area contributed by atoms with Gasteiger partial charge in [-0.05, 0) is 28.4 Å². The van der Waals surface area contributed by atoms with Crippen LogP contribution in [0, 0.1) is 11.3 Å². The molecule has 21 heavy (non-hydrogen) atoms. The molecule has 0 radical (unpaired) electrons. The van der Waals surface area contributed by atoms with Gasteiger partial charge in [0.2, 0.25) is 0 Å². The molecule has 2 aliphatic rings. The van der Waals surface area contributed by atoms with Gasteiger partial charge in [0.25, 0.3) is 5.91 Å². The molecule has 6 nitrogen and oxygen atoms in total. The van der Waals surface area contributed by atoms with Crippen molar-refractivity contribution in [3.05, 3.63) is 28.5 Å². The normalized spacial score (nSPS) is 28.2. The van der Waals surface area contributed by atoms with Gasteiger partial charge in [0.15, 0.2) is 0 Å². The van der Waals surface area contributed by atoms with Crippen molar-refractivity contribution in [2.75, 3.05) is 26.3 Å². The lowest BCUT2D eigenvalue weighted by molar-refractivity contribution is -0.157. The molecule has 0 bridgehead atoms. The standard InChI is InChI=1S/C14H15BrN2O4/c15-11-3-9(4-16-5-11)12(18)17-6-10-7-21-2-1-14(10,8-17)13(19)20/h3-5,10H,1-2,6-8H2,(H,19,20)/t10-,14+/m0/s1. The highest BCUT2D eigenvalue weighted by molar-refractivity contribution is 9.10. The molecule has 2 aliphatic heterocycles. The summed E-state index contributed by atoms with van der Waals surface area (Å²) in [4.78, 5) is 29.8. The van der Waals surface area contributed by atoms with Gasteiger partial charge in [0, 0.05) is 42.5 Å². The van der Waals surface area contributed by atoms with Crippen molar-refractivity contribution < 1.29 is 19.4 Å². The first-order chi connectivity index (χ1) is 10.0. The van der Waals surface area contributed by atoms with Gasteiger partial charge in [-0.15, -0.1) is 0 Å². The van der Waals surface area contributed by atoms with E-state index in [4.69, 9.17) is 4.74 Å². The molecule has 2 atom stereocenters. The fourth-order valence-corrected chi connectivity index (χ4v) is 3.53. The number of fused-ring (bicyclic) bond motifs is 1. The maximum absolute atomic E-state index is 12.5. The van der Waals surface area contributed by atoms with Crippen molar-refractivity contribution in [3.8, 4) is 0 Å². The summed E-state index contributed by atoms with van der Waals surface area (Å²) in [5.74, 6) is -1.16. The van der Waals surface area contributed by atoms with E-state index in [-0.39, 0.29) is 18.4 Å². The largest absolute Gasteiger partial charge is 0.481 e. The summed E-state index contributed by atoms with van der Waals surface area (Å²) >= 11 is 3.29. The number of carboxylic acid groups (broad SMARTS) is 1. The number of carbonyl (C=O) groups excluding carboxylic acids is 1. The third-order valence-corrected chi connectivity index (χ3v) is 4.81. The summed E-state index contributed by atoms with van der Waals surface area (Å²) in [6.07, 6.45) is 3.56. The monoisotopic (exact) mass is 354 g/mol. The molecule has 0 aromatic carbocycles. The van der Waals surface area contributed by atoms with Crippen LogP contribution < -0.4 is 0 Å². The number of hydrogen-bond donors (Lipinski definition) is 1. The Morgan fingerprint density at radius 3 is 2.95 bits per heavy atom. The van der Waals surface area contributed by atoms with Gasteiger partial charge in [-0.2, -0.15) is 0 Å². The minimum absolute atomic E-state index is 0.146. The molecular formula is C14H15BrN2O4. The van der Waals surface area contributed by atoms with E-state index >= 15 is 0 Å². The number of carbonyl (C=O) groups is 2. The fraction of sp³-hybridized carbons (Fsp3) is 0.500. The topological polar surface area (TPSA) is 79.7 Å². The summed E-state index contributed by atoms with van der Waals surface area (Å²) in [6.45, 7) is 1.48. The summed E-state index contributed by atoms with van der Waals surface area (Å²) in [7, 11) is 0. The minimum Gasteiger partial charge on any atom is -0.481 e. The number of hydrogen-bond acceptors (Lipinski definition) is 4. The molecule has 1 N–H and O–H groups in total. The smallest absolute Gasteiger partial charge is 0.311 e. The molecule has 3 rings (SSSR count). The second-order valence-corrected chi connectivity index (χ2v) is 6.48. The highest BCUT2D eigenvalue weighted by Crippen LogP contribution is 2.42. The SMILES string of the molecule is O=C(c1cncc(Br)c1)N1C[C@H]2COCC[C@@]2(C(=O)O)C1. The van der Waals surface area contributed by atoms with Gasteiger partial charge in [0.05, 0.1) is 17.6 Å². The third-order valence-electron chi connectivity index (χ3n) is 4.37. The van der Waals surface area contributed by atoms with Crippen molar-refractivity contribution >= 4 is 27.8 Å². The van der Waals surface area contributed by atoms with Crippen LogP contribution >= 0.6 is 15.9 Å². The summed E-state index contributed by atoms with van der Waals surface area (Å²) in [5, 5.41) is 9.60. The fourth-order valence-electron chi connectivity index (χ4n) is 3.17. The average molecular weight is 355 g/mol. The van der Waals surface area contributed by atoms with Crippen LogP contribution in [0.3, 0.4) is 0 Å². The predicted octanol–water partition coefficient (Wildman–Crippen LogP) is 1.41. The molecule has 0 unspecified atom stereocenters. The second kappa shape index (κ2) is 5.38. The Balaban J connectivity index is 1.85. The number of ether oxygens (including phenoxy) is 1. The van der Waals surface area contributed by atoms with E-state index in [1.165, 1.54) is 6.20 Å². The van der Waals surface area contributed by atoms with Crippen LogP contribution in [0.25, 0.3) is 0 Å². The van der Waals surface area contributed by atoms with E-state index in [1.807, 2.05) is 0 Å². The molecule has 0 saturated carbocycles. The molecule has 0 spiro atoms.